The van der Waals surface area contributed by atoms with E-state index in [1.165, 1.54) is 41.2 Å². The van der Waals surface area contributed by atoms with Crippen molar-refractivity contribution in [1.29, 1.82) is 0 Å². The summed E-state index contributed by atoms with van der Waals surface area (Å²) in [5, 5.41) is 0. The first-order valence-electron chi connectivity index (χ1n) is 8.84. The summed E-state index contributed by atoms with van der Waals surface area (Å²) >= 11 is 0. The summed E-state index contributed by atoms with van der Waals surface area (Å²) in [5.41, 5.74) is 2.61. The second-order valence-corrected chi connectivity index (χ2v) is 10.7. The van der Waals surface area contributed by atoms with Crippen molar-refractivity contribution in [2.45, 2.75) is 48.9 Å². The van der Waals surface area contributed by atoms with Gasteiger partial charge in [-0.1, -0.05) is 6.07 Å². The fourth-order valence-corrected chi connectivity index (χ4v) is 5.54. The molecule has 0 unspecified atom stereocenters. The van der Waals surface area contributed by atoms with Crippen LogP contribution in [0.3, 0.4) is 0 Å². The van der Waals surface area contributed by atoms with Crippen molar-refractivity contribution in [3.63, 3.8) is 0 Å². The van der Waals surface area contributed by atoms with Gasteiger partial charge >= 0.3 is 0 Å². The minimum Gasteiger partial charge on any atom is -0.280 e. The lowest BCUT2D eigenvalue weighted by Crippen LogP contribution is -2.33. The van der Waals surface area contributed by atoms with E-state index < -0.39 is 20.0 Å². The topological polar surface area (TPSA) is 83.6 Å². The highest BCUT2D eigenvalue weighted by Gasteiger charge is 2.23. The van der Waals surface area contributed by atoms with Gasteiger partial charge in [0.05, 0.1) is 9.79 Å². The minimum absolute atomic E-state index is 0.124. The number of aryl methyl sites for hydroxylation is 2. The van der Waals surface area contributed by atoms with Crippen LogP contribution in [0.15, 0.2) is 52.3 Å². The first kappa shape index (κ1) is 19.9. The lowest BCUT2D eigenvalue weighted by molar-refractivity contribution is 0.410. The monoisotopic (exact) mass is 408 g/mol. The quantitative estimate of drug-likeness (QED) is 0.796. The van der Waals surface area contributed by atoms with Crippen LogP contribution in [0.1, 0.15) is 31.4 Å². The van der Waals surface area contributed by atoms with Crippen molar-refractivity contribution in [2.24, 2.45) is 0 Å². The zero-order valence-electron chi connectivity index (χ0n) is 15.6. The van der Waals surface area contributed by atoms with Gasteiger partial charge in [-0.3, -0.25) is 4.72 Å². The van der Waals surface area contributed by atoms with Gasteiger partial charge < -0.3 is 0 Å². The summed E-state index contributed by atoms with van der Waals surface area (Å²) in [5.74, 6) is 0. The van der Waals surface area contributed by atoms with E-state index in [2.05, 4.69) is 4.72 Å². The number of anilines is 1. The van der Waals surface area contributed by atoms with Crippen molar-refractivity contribution in [3.8, 4) is 0 Å². The van der Waals surface area contributed by atoms with E-state index in [9.17, 15) is 16.8 Å². The number of hydrogen-bond donors (Lipinski definition) is 1. The van der Waals surface area contributed by atoms with Crippen LogP contribution in [-0.4, -0.2) is 34.2 Å². The summed E-state index contributed by atoms with van der Waals surface area (Å²) in [7, 11) is -5.81. The molecule has 0 aliphatic heterocycles. The molecule has 0 radical (unpaired) electrons. The maximum absolute atomic E-state index is 12.6. The van der Waals surface area contributed by atoms with E-state index in [1.54, 1.807) is 26.0 Å². The number of rotatable bonds is 6. The Labute approximate surface area is 161 Å². The molecule has 146 valence electrons. The van der Waals surface area contributed by atoms with Crippen molar-refractivity contribution in [3.05, 3.63) is 53.6 Å². The summed E-state index contributed by atoms with van der Waals surface area (Å²) in [6.45, 7) is 3.58. The maximum Gasteiger partial charge on any atom is 0.261 e. The molecule has 1 aliphatic rings. The molecule has 1 N–H and O–H groups in total. The number of nitrogens with zero attached hydrogens (tertiary/aromatic N) is 1. The van der Waals surface area contributed by atoms with Crippen molar-refractivity contribution in [1.82, 2.24) is 4.31 Å². The highest BCUT2D eigenvalue weighted by molar-refractivity contribution is 7.92. The molecular weight excluding hydrogens is 384 g/mol. The lowest BCUT2D eigenvalue weighted by Gasteiger charge is -2.21. The Morgan fingerprint density at radius 2 is 1.48 bits per heavy atom. The van der Waals surface area contributed by atoms with Gasteiger partial charge in [-0.15, -0.1) is 0 Å². The Balaban J connectivity index is 1.82. The van der Waals surface area contributed by atoms with Crippen molar-refractivity contribution < 1.29 is 16.8 Å². The van der Waals surface area contributed by atoms with Gasteiger partial charge in [0, 0.05) is 18.8 Å². The Hall–Kier alpha value is -1.90. The van der Waals surface area contributed by atoms with E-state index in [-0.39, 0.29) is 15.8 Å². The summed E-state index contributed by atoms with van der Waals surface area (Å²) in [6.07, 6.45) is 2.94. The SMILES string of the molecule is CC(C)N(C)S(=O)(=O)c1ccc(NS(=O)(=O)c2ccc3c(c2)CCC3)cc1. The van der Waals surface area contributed by atoms with Crippen molar-refractivity contribution >= 4 is 25.7 Å². The average Bonchev–Trinajstić information content (AvgIpc) is 3.08. The summed E-state index contributed by atoms with van der Waals surface area (Å²) in [4.78, 5) is 0.346. The van der Waals surface area contributed by atoms with Crippen LogP contribution < -0.4 is 4.72 Å². The highest BCUT2D eigenvalue weighted by atomic mass is 32.2. The Morgan fingerprint density at radius 3 is 2.11 bits per heavy atom. The molecule has 0 amide bonds. The number of benzene rings is 2. The van der Waals surface area contributed by atoms with Gasteiger partial charge in [-0.05, 0) is 80.6 Å². The van der Waals surface area contributed by atoms with Gasteiger partial charge in [0.25, 0.3) is 10.0 Å². The van der Waals surface area contributed by atoms with Crippen molar-refractivity contribution in [2.75, 3.05) is 11.8 Å². The minimum atomic E-state index is -3.72. The van der Waals surface area contributed by atoms with Gasteiger partial charge in [-0.25, -0.2) is 16.8 Å². The number of sulfonamides is 2. The third kappa shape index (κ3) is 4.02. The van der Waals surface area contributed by atoms with Crippen LogP contribution >= 0.6 is 0 Å². The highest BCUT2D eigenvalue weighted by Crippen LogP contribution is 2.26. The van der Waals surface area contributed by atoms with Crippen LogP contribution in [0.2, 0.25) is 0 Å². The Bertz CT molecular complexity index is 1040. The molecule has 0 saturated heterocycles. The first-order valence-corrected chi connectivity index (χ1v) is 11.8. The first-order chi connectivity index (χ1) is 12.6. The van der Waals surface area contributed by atoms with Crippen LogP contribution in [0, 0.1) is 0 Å². The molecule has 0 aromatic heterocycles. The van der Waals surface area contributed by atoms with E-state index in [1.807, 2.05) is 6.07 Å². The van der Waals surface area contributed by atoms with Gasteiger partial charge in [0.15, 0.2) is 0 Å². The molecule has 27 heavy (non-hydrogen) atoms. The molecule has 0 saturated carbocycles. The fourth-order valence-electron chi connectivity index (χ4n) is 3.07. The molecule has 0 bridgehead atoms. The zero-order chi connectivity index (χ0) is 19.8. The number of nitrogens with one attached hydrogen (secondary N) is 1. The Kier molecular flexibility index (Phi) is 5.33. The average molecular weight is 409 g/mol. The molecular formula is C19H24N2O4S2. The standard InChI is InChI=1S/C19H24N2O4S2/c1-14(2)21(3)27(24,25)18-11-8-17(9-12-18)20-26(22,23)19-10-7-15-5-4-6-16(15)13-19/h7-14,20H,4-6H2,1-3H3. The molecule has 0 atom stereocenters. The molecule has 0 heterocycles. The summed E-state index contributed by atoms with van der Waals surface area (Å²) in [6, 6.07) is 10.8. The molecule has 0 spiro atoms. The largest absolute Gasteiger partial charge is 0.280 e. The van der Waals surface area contributed by atoms with Crippen LogP contribution in [0.4, 0.5) is 5.69 Å². The number of hydrogen-bond acceptors (Lipinski definition) is 4. The third-order valence-corrected chi connectivity index (χ3v) is 8.32. The van der Waals surface area contributed by atoms with E-state index in [4.69, 9.17) is 0 Å². The molecule has 1 aliphatic carbocycles. The predicted molar refractivity (Wildman–Crippen MR) is 106 cm³/mol. The predicted octanol–water partition coefficient (Wildman–Crippen LogP) is 3.01. The molecule has 0 fully saturated rings. The molecule has 6 nitrogen and oxygen atoms in total. The molecule has 3 rings (SSSR count). The second-order valence-electron chi connectivity index (χ2n) is 7.03. The van der Waals surface area contributed by atoms with Crippen LogP contribution in [0.5, 0.6) is 0 Å². The zero-order valence-corrected chi connectivity index (χ0v) is 17.3. The van der Waals surface area contributed by atoms with E-state index in [0.29, 0.717) is 5.69 Å². The normalized spacial score (nSPS) is 14.6. The molecule has 2 aromatic rings. The van der Waals surface area contributed by atoms with Crippen LogP contribution in [0.25, 0.3) is 0 Å². The van der Waals surface area contributed by atoms with Gasteiger partial charge in [0.2, 0.25) is 10.0 Å². The smallest absolute Gasteiger partial charge is 0.261 e. The summed E-state index contributed by atoms with van der Waals surface area (Å²) < 4.78 is 54.1. The van der Waals surface area contributed by atoms with E-state index in [0.717, 1.165) is 24.8 Å². The van der Waals surface area contributed by atoms with Gasteiger partial charge in [0.1, 0.15) is 0 Å². The lowest BCUT2D eigenvalue weighted by atomic mass is 10.1. The Morgan fingerprint density at radius 1 is 0.889 bits per heavy atom. The fraction of sp³-hybridized carbons (Fsp3) is 0.368. The second kappa shape index (κ2) is 7.26. The number of fused-ring (bicyclic) bond motifs is 1. The van der Waals surface area contributed by atoms with Gasteiger partial charge in [-0.2, -0.15) is 4.31 Å². The molecule has 2 aromatic carbocycles. The third-order valence-electron chi connectivity index (χ3n) is 4.89. The van der Waals surface area contributed by atoms with Crippen LogP contribution in [-0.2, 0) is 32.9 Å². The van der Waals surface area contributed by atoms with E-state index >= 15 is 0 Å². The maximum atomic E-state index is 12.6. The molecule has 8 heteroatoms.